The highest BCUT2D eigenvalue weighted by molar-refractivity contribution is 5.30. The molecule has 1 atom stereocenters. The average Bonchev–Trinajstić information content (AvgIpc) is 3.17. The van der Waals surface area contributed by atoms with Crippen LogP contribution in [0.4, 0.5) is 0 Å². The monoisotopic (exact) mass is 262 g/mol. The van der Waals surface area contributed by atoms with Crippen molar-refractivity contribution in [2.75, 3.05) is 19.7 Å². The van der Waals surface area contributed by atoms with E-state index in [1.807, 2.05) is 0 Å². The predicted octanol–water partition coefficient (Wildman–Crippen LogP) is 2.15. The summed E-state index contributed by atoms with van der Waals surface area (Å²) in [6.07, 6.45) is 3.51. The van der Waals surface area contributed by atoms with E-state index in [1.54, 1.807) is 0 Å². The van der Waals surface area contributed by atoms with Gasteiger partial charge in [0.05, 0.1) is 6.61 Å². The van der Waals surface area contributed by atoms with Crippen LogP contribution in [0.5, 0.6) is 0 Å². The van der Waals surface area contributed by atoms with Crippen LogP contribution in [0.3, 0.4) is 0 Å². The zero-order valence-corrected chi connectivity index (χ0v) is 12.1. The van der Waals surface area contributed by atoms with Crippen LogP contribution in [0.2, 0.25) is 0 Å². The highest BCUT2D eigenvalue weighted by Crippen LogP contribution is 2.27. The Hall–Kier alpha value is -0.900. The molecule has 2 rings (SSSR count). The first-order valence-electron chi connectivity index (χ1n) is 7.29. The van der Waals surface area contributed by atoms with Crippen LogP contribution in [0.1, 0.15) is 42.0 Å². The first-order chi connectivity index (χ1) is 9.10. The molecule has 1 unspecified atom stereocenters. The molecule has 0 heterocycles. The summed E-state index contributed by atoms with van der Waals surface area (Å²) in [6, 6.07) is 7.34. The molecule has 19 heavy (non-hydrogen) atoms. The van der Waals surface area contributed by atoms with E-state index in [1.165, 1.54) is 29.5 Å². The third kappa shape index (κ3) is 4.30. The molecule has 0 radical (unpaired) electrons. The topological polar surface area (TPSA) is 49.5 Å². The summed E-state index contributed by atoms with van der Waals surface area (Å²) in [5, 5.41) is 9.10. The molecule has 0 bridgehead atoms. The fraction of sp³-hybridized carbons (Fsp3) is 0.625. The summed E-state index contributed by atoms with van der Waals surface area (Å²) >= 11 is 0. The zero-order chi connectivity index (χ0) is 13.8. The van der Waals surface area contributed by atoms with Crippen molar-refractivity contribution in [2.24, 2.45) is 5.73 Å². The molecule has 106 valence electrons. The molecule has 3 heteroatoms. The van der Waals surface area contributed by atoms with Gasteiger partial charge in [0.15, 0.2) is 0 Å². The molecule has 3 nitrogen and oxygen atoms in total. The van der Waals surface area contributed by atoms with Crippen molar-refractivity contribution in [3.05, 3.63) is 34.9 Å². The highest BCUT2D eigenvalue weighted by Gasteiger charge is 2.28. The van der Waals surface area contributed by atoms with Crippen molar-refractivity contribution in [2.45, 2.75) is 45.2 Å². The molecule has 0 aromatic heterocycles. The Labute approximate surface area is 116 Å². The summed E-state index contributed by atoms with van der Waals surface area (Å²) < 4.78 is 0. The van der Waals surface area contributed by atoms with Gasteiger partial charge in [-0.1, -0.05) is 29.3 Å². The van der Waals surface area contributed by atoms with Crippen molar-refractivity contribution in [3.8, 4) is 0 Å². The number of rotatable bonds is 7. The van der Waals surface area contributed by atoms with Crippen molar-refractivity contribution >= 4 is 0 Å². The lowest BCUT2D eigenvalue weighted by atomic mass is 9.99. The molecule has 1 saturated carbocycles. The predicted molar refractivity (Wildman–Crippen MR) is 79.1 cm³/mol. The summed E-state index contributed by atoms with van der Waals surface area (Å²) in [5.74, 6) is 0. The van der Waals surface area contributed by atoms with Crippen LogP contribution in [-0.2, 0) is 0 Å². The van der Waals surface area contributed by atoms with Crippen molar-refractivity contribution in [3.63, 3.8) is 0 Å². The van der Waals surface area contributed by atoms with Gasteiger partial charge in [-0.2, -0.15) is 0 Å². The van der Waals surface area contributed by atoms with E-state index in [2.05, 4.69) is 36.9 Å². The van der Waals surface area contributed by atoms with E-state index < -0.39 is 0 Å². The Balaban J connectivity index is 1.90. The minimum atomic E-state index is 0.0959. The quantitative estimate of drug-likeness (QED) is 0.791. The minimum absolute atomic E-state index is 0.0959. The van der Waals surface area contributed by atoms with Gasteiger partial charge in [0.1, 0.15) is 0 Å². The molecule has 1 aliphatic carbocycles. The molecule has 0 aliphatic heterocycles. The van der Waals surface area contributed by atoms with Gasteiger partial charge < -0.3 is 10.8 Å². The Morgan fingerprint density at radius 3 is 2.37 bits per heavy atom. The molecule has 1 aromatic carbocycles. The van der Waals surface area contributed by atoms with Gasteiger partial charge >= 0.3 is 0 Å². The summed E-state index contributed by atoms with van der Waals surface area (Å²) in [7, 11) is 0. The van der Waals surface area contributed by atoms with Crippen molar-refractivity contribution in [1.82, 2.24) is 4.90 Å². The lowest BCUT2D eigenvalue weighted by Gasteiger charge is -2.23. The van der Waals surface area contributed by atoms with Gasteiger partial charge in [-0.15, -0.1) is 0 Å². The van der Waals surface area contributed by atoms with Crippen molar-refractivity contribution in [1.29, 1.82) is 0 Å². The first kappa shape index (κ1) is 14.5. The number of aliphatic hydroxyl groups excluding tert-OH is 1. The van der Waals surface area contributed by atoms with Crippen LogP contribution >= 0.6 is 0 Å². The van der Waals surface area contributed by atoms with E-state index in [0.717, 1.165) is 19.5 Å². The van der Waals surface area contributed by atoms with Crippen LogP contribution in [-0.4, -0.2) is 35.7 Å². The lowest BCUT2D eigenvalue weighted by molar-refractivity contribution is 0.185. The van der Waals surface area contributed by atoms with Gasteiger partial charge in [0.25, 0.3) is 0 Å². The molecule has 0 saturated heterocycles. The smallest absolute Gasteiger partial charge is 0.0558 e. The molecule has 1 aliphatic rings. The number of hydrogen-bond acceptors (Lipinski definition) is 3. The van der Waals surface area contributed by atoms with Gasteiger partial charge in [0.2, 0.25) is 0 Å². The second kappa shape index (κ2) is 6.51. The number of aliphatic hydroxyl groups is 1. The fourth-order valence-corrected chi connectivity index (χ4v) is 2.74. The average molecular weight is 262 g/mol. The SMILES string of the molecule is Cc1cc(C)cc(C(N)CCN(CCO)C2CC2)c1. The molecule has 0 amide bonds. The zero-order valence-electron chi connectivity index (χ0n) is 12.1. The molecular weight excluding hydrogens is 236 g/mol. The van der Waals surface area contributed by atoms with Gasteiger partial charge in [0, 0.05) is 25.2 Å². The fourth-order valence-electron chi connectivity index (χ4n) is 2.74. The molecular formula is C16H26N2O. The maximum absolute atomic E-state index is 9.10. The van der Waals surface area contributed by atoms with E-state index in [0.29, 0.717) is 6.04 Å². The lowest BCUT2D eigenvalue weighted by Crippen LogP contribution is -2.32. The second-order valence-electron chi connectivity index (χ2n) is 5.81. The molecule has 1 aromatic rings. The minimum Gasteiger partial charge on any atom is -0.395 e. The van der Waals surface area contributed by atoms with Gasteiger partial charge in [-0.25, -0.2) is 0 Å². The Kier molecular flexibility index (Phi) is 4.97. The number of aryl methyl sites for hydroxylation is 2. The van der Waals surface area contributed by atoms with Crippen LogP contribution in [0.25, 0.3) is 0 Å². The number of hydrogen-bond donors (Lipinski definition) is 2. The van der Waals surface area contributed by atoms with Gasteiger partial charge in [-0.3, -0.25) is 4.90 Å². The van der Waals surface area contributed by atoms with E-state index in [4.69, 9.17) is 10.8 Å². The molecule has 1 fully saturated rings. The Morgan fingerprint density at radius 1 is 1.21 bits per heavy atom. The van der Waals surface area contributed by atoms with E-state index in [9.17, 15) is 0 Å². The summed E-state index contributed by atoms with van der Waals surface area (Å²) in [5.41, 5.74) is 10.1. The van der Waals surface area contributed by atoms with Crippen LogP contribution in [0, 0.1) is 13.8 Å². The number of benzene rings is 1. The maximum Gasteiger partial charge on any atom is 0.0558 e. The molecule has 0 spiro atoms. The largest absolute Gasteiger partial charge is 0.395 e. The van der Waals surface area contributed by atoms with Gasteiger partial charge in [-0.05, 0) is 38.7 Å². The molecule has 3 N–H and O–H groups in total. The Bertz CT molecular complexity index is 395. The third-order valence-corrected chi connectivity index (χ3v) is 3.85. The number of nitrogens with two attached hydrogens (primary N) is 1. The highest BCUT2D eigenvalue weighted by atomic mass is 16.3. The second-order valence-corrected chi connectivity index (χ2v) is 5.81. The van der Waals surface area contributed by atoms with Crippen LogP contribution in [0.15, 0.2) is 18.2 Å². The Morgan fingerprint density at radius 2 is 1.84 bits per heavy atom. The summed E-state index contributed by atoms with van der Waals surface area (Å²) in [4.78, 5) is 2.38. The maximum atomic E-state index is 9.10. The van der Waals surface area contributed by atoms with Crippen LogP contribution < -0.4 is 5.73 Å². The standard InChI is InChI=1S/C16H26N2O/c1-12-9-13(2)11-14(10-12)16(17)5-6-18(7-8-19)15-3-4-15/h9-11,15-16,19H,3-8,17H2,1-2H3. The first-order valence-corrected chi connectivity index (χ1v) is 7.29. The summed E-state index contributed by atoms with van der Waals surface area (Å²) in [6.45, 7) is 6.25. The number of nitrogens with zero attached hydrogens (tertiary/aromatic N) is 1. The van der Waals surface area contributed by atoms with E-state index in [-0.39, 0.29) is 12.6 Å². The third-order valence-electron chi connectivity index (χ3n) is 3.85. The van der Waals surface area contributed by atoms with E-state index >= 15 is 0 Å². The van der Waals surface area contributed by atoms with Crippen molar-refractivity contribution < 1.29 is 5.11 Å². The normalized spacial score (nSPS) is 16.9.